The third kappa shape index (κ3) is 4.74. The lowest BCUT2D eigenvalue weighted by atomic mass is 10.1. The van der Waals surface area contributed by atoms with Crippen molar-refractivity contribution in [1.29, 1.82) is 0 Å². The van der Waals surface area contributed by atoms with Gasteiger partial charge in [0.05, 0.1) is 12.5 Å². The van der Waals surface area contributed by atoms with E-state index in [-0.39, 0.29) is 11.8 Å². The summed E-state index contributed by atoms with van der Waals surface area (Å²) < 4.78 is 1.78. The summed E-state index contributed by atoms with van der Waals surface area (Å²) in [5.41, 5.74) is 0. The Hall–Kier alpha value is -1.75. The molecule has 0 radical (unpaired) electrons. The molecule has 1 amide bonds. The maximum absolute atomic E-state index is 11.9. The first-order chi connectivity index (χ1) is 9.75. The van der Waals surface area contributed by atoms with Gasteiger partial charge in [0.15, 0.2) is 0 Å². The highest BCUT2D eigenvalue weighted by Crippen LogP contribution is 2.15. The van der Waals surface area contributed by atoms with Crippen molar-refractivity contribution in [2.24, 2.45) is 5.92 Å². The average Bonchev–Trinajstić information content (AvgIpc) is 2.97. The average molecular weight is 289 g/mol. The van der Waals surface area contributed by atoms with Crippen LogP contribution >= 0.6 is 11.8 Å². The van der Waals surface area contributed by atoms with Gasteiger partial charge < -0.3 is 5.32 Å². The molecule has 5 heteroatoms. The lowest BCUT2D eigenvalue weighted by molar-refractivity contribution is -0.124. The second-order valence-electron chi connectivity index (χ2n) is 4.58. The normalized spacial score (nSPS) is 12.1. The van der Waals surface area contributed by atoms with E-state index in [1.807, 2.05) is 37.4 Å². The molecule has 1 aromatic carbocycles. The predicted molar refractivity (Wildman–Crippen MR) is 81.6 cm³/mol. The first-order valence-corrected chi connectivity index (χ1v) is 7.67. The molecule has 2 rings (SSSR count). The predicted octanol–water partition coefficient (Wildman–Crippen LogP) is 2.43. The van der Waals surface area contributed by atoms with Gasteiger partial charge in [-0.1, -0.05) is 25.1 Å². The largest absolute Gasteiger partial charge is 0.355 e. The molecule has 0 fully saturated rings. The Morgan fingerprint density at radius 2 is 2.15 bits per heavy atom. The third-order valence-electron chi connectivity index (χ3n) is 2.88. The van der Waals surface area contributed by atoms with Crippen LogP contribution < -0.4 is 5.32 Å². The molecular weight excluding hydrogens is 270 g/mol. The molecule has 0 aliphatic heterocycles. The van der Waals surface area contributed by atoms with Gasteiger partial charge in [-0.3, -0.25) is 9.48 Å². The van der Waals surface area contributed by atoms with Crippen molar-refractivity contribution in [3.8, 4) is 0 Å². The quantitative estimate of drug-likeness (QED) is 0.629. The smallest absolute Gasteiger partial charge is 0.224 e. The number of thioether (sulfide) groups is 1. The molecule has 0 bridgehead atoms. The maximum Gasteiger partial charge on any atom is 0.224 e. The zero-order valence-corrected chi connectivity index (χ0v) is 12.3. The molecule has 0 aliphatic rings. The van der Waals surface area contributed by atoms with E-state index >= 15 is 0 Å². The Kier molecular flexibility index (Phi) is 5.68. The molecule has 0 aliphatic carbocycles. The molecule has 4 nitrogen and oxygen atoms in total. The number of aromatic nitrogens is 2. The van der Waals surface area contributed by atoms with E-state index < -0.39 is 0 Å². The van der Waals surface area contributed by atoms with Crippen LogP contribution in [-0.4, -0.2) is 28.0 Å². The van der Waals surface area contributed by atoms with Gasteiger partial charge in [-0.05, 0) is 18.2 Å². The number of nitrogens with one attached hydrogen (secondary N) is 1. The lowest BCUT2D eigenvalue weighted by Gasteiger charge is -2.12. The number of amides is 1. The summed E-state index contributed by atoms with van der Waals surface area (Å²) in [4.78, 5) is 13.1. The van der Waals surface area contributed by atoms with Crippen molar-refractivity contribution >= 4 is 17.7 Å². The van der Waals surface area contributed by atoms with Crippen molar-refractivity contribution < 1.29 is 4.79 Å². The van der Waals surface area contributed by atoms with Crippen molar-refractivity contribution in [2.45, 2.75) is 18.4 Å². The zero-order chi connectivity index (χ0) is 14.2. The number of hydrogen-bond donors (Lipinski definition) is 1. The summed E-state index contributed by atoms with van der Waals surface area (Å²) in [6.07, 6.45) is 3.59. The van der Waals surface area contributed by atoms with E-state index in [1.165, 1.54) is 4.90 Å². The standard InChI is InChI=1S/C15H19N3OS/c1-13(12-18-10-5-8-17-18)15(19)16-9-11-20-14-6-3-2-4-7-14/h2-8,10,13H,9,11-12H2,1H3,(H,16,19). The summed E-state index contributed by atoms with van der Waals surface area (Å²) in [6.45, 7) is 3.22. The Bertz CT molecular complexity index is 513. The third-order valence-corrected chi connectivity index (χ3v) is 3.89. The maximum atomic E-state index is 11.9. The highest BCUT2D eigenvalue weighted by Gasteiger charge is 2.12. The van der Waals surface area contributed by atoms with Crippen molar-refractivity contribution in [2.75, 3.05) is 12.3 Å². The second-order valence-corrected chi connectivity index (χ2v) is 5.75. The summed E-state index contributed by atoms with van der Waals surface area (Å²) in [5.74, 6) is 0.885. The fourth-order valence-corrected chi connectivity index (χ4v) is 2.60. The first kappa shape index (κ1) is 14.7. The van der Waals surface area contributed by atoms with Gasteiger partial charge in [0, 0.05) is 29.6 Å². The summed E-state index contributed by atoms with van der Waals surface area (Å²) in [7, 11) is 0. The topological polar surface area (TPSA) is 46.9 Å². The van der Waals surface area contributed by atoms with Crippen LogP contribution in [0.1, 0.15) is 6.92 Å². The Labute approximate surface area is 123 Å². The van der Waals surface area contributed by atoms with Crippen LogP contribution in [0, 0.1) is 5.92 Å². The molecule has 0 saturated carbocycles. The zero-order valence-electron chi connectivity index (χ0n) is 11.5. The van der Waals surface area contributed by atoms with Crippen molar-refractivity contribution in [3.63, 3.8) is 0 Å². The number of carbonyl (C=O) groups excluding carboxylic acids is 1. The molecule has 1 N–H and O–H groups in total. The van der Waals surface area contributed by atoms with E-state index in [0.29, 0.717) is 13.1 Å². The molecule has 2 aromatic rings. The van der Waals surface area contributed by atoms with Gasteiger partial charge in [-0.2, -0.15) is 5.10 Å². The van der Waals surface area contributed by atoms with Gasteiger partial charge in [-0.25, -0.2) is 0 Å². The monoisotopic (exact) mass is 289 g/mol. The summed E-state index contributed by atoms with van der Waals surface area (Å²) >= 11 is 1.75. The minimum absolute atomic E-state index is 0.0726. The van der Waals surface area contributed by atoms with Crippen molar-refractivity contribution in [1.82, 2.24) is 15.1 Å². The van der Waals surface area contributed by atoms with E-state index in [0.717, 1.165) is 5.75 Å². The molecule has 1 aromatic heterocycles. The van der Waals surface area contributed by atoms with Crippen LogP contribution in [0.4, 0.5) is 0 Å². The molecule has 1 atom stereocenters. The van der Waals surface area contributed by atoms with Crippen LogP contribution in [0.3, 0.4) is 0 Å². The van der Waals surface area contributed by atoms with E-state index in [1.54, 1.807) is 22.6 Å². The highest BCUT2D eigenvalue weighted by molar-refractivity contribution is 7.99. The van der Waals surface area contributed by atoms with E-state index in [2.05, 4.69) is 22.5 Å². The Balaban J connectivity index is 1.65. The van der Waals surface area contributed by atoms with Crippen LogP contribution in [-0.2, 0) is 11.3 Å². The van der Waals surface area contributed by atoms with Crippen molar-refractivity contribution in [3.05, 3.63) is 48.8 Å². The van der Waals surface area contributed by atoms with Crippen LogP contribution in [0.2, 0.25) is 0 Å². The number of carbonyl (C=O) groups is 1. The molecule has 106 valence electrons. The fourth-order valence-electron chi connectivity index (χ4n) is 1.81. The van der Waals surface area contributed by atoms with E-state index in [9.17, 15) is 4.79 Å². The Morgan fingerprint density at radius 3 is 2.85 bits per heavy atom. The first-order valence-electron chi connectivity index (χ1n) is 6.68. The molecule has 0 spiro atoms. The molecule has 1 unspecified atom stereocenters. The SMILES string of the molecule is CC(Cn1cccn1)C(=O)NCCSc1ccccc1. The molecule has 0 saturated heterocycles. The van der Waals surface area contributed by atoms with Crippen LogP contribution in [0.15, 0.2) is 53.7 Å². The molecule has 1 heterocycles. The van der Waals surface area contributed by atoms with Gasteiger partial charge in [-0.15, -0.1) is 11.8 Å². The van der Waals surface area contributed by atoms with Crippen LogP contribution in [0.25, 0.3) is 0 Å². The summed E-state index contributed by atoms with van der Waals surface area (Å²) in [5, 5.41) is 7.07. The van der Waals surface area contributed by atoms with Gasteiger partial charge in [0.1, 0.15) is 0 Å². The number of nitrogens with zero attached hydrogens (tertiary/aromatic N) is 2. The highest BCUT2D eigenvalue weighted by atomic mass is 32.2. The van der Waals surface area contributed by atoms with Gasteiger partial charge >= 0.3 is 0 Å². The Morgan fingerprint density at radius 1 is 1.35 bits per heavy atom. The second kappa shape index (κ2) is 7.75. The van der Waals surface area contributed by atoms with E-state index in [4.69, 9.17) is 0 Å². The van der Waals surface area contributed by atoms with Crippen LogP contribution in [0.5, 0.6) is 0 Å². The molecular formula is C15H19N3OS. The van der Waals surface area contributed by atoms with Gasteiger partial charge in [0.25, 0.3) is 0 Å². The lowest BCUT2D eigenvalue weighted by Crippen LogP contribution is -2.33. The minimum Gasteiger partial charge on any atom is -0.355 e. The van der Waals surface area contributed by atoms with Gasteiger partial charge in [0.2, 0.25) is 5.91 Å². The fraction of sp³-hybridized carbons (Fsp3) is 0.333. The number of hydrogen-bond acceptors (Lipinski definition) is 3. The molecule has 20 heavy (non-hydrogen) atoms. The summed E-state index contributed by atoms with van der Waals surface area (Å²) in [6, 6.07) is 12.1. The minimum atomic E-state index is -0.0726. The number of rotatable bonds is 7. The number of benzene rings is 1.